The number of phosphoric acid groups is 1. The van der Waals surface area contributed by atoms with Gasteiger partial charge in [-0.05, 0) is 39.0 Å². The maximum absolute atomic E-state index is 12.3. The quantitative estimate of drug-likeness (QED) is 0.0427. The smallest absolute Gasteiger partial charge is 0.462 e. The summed E-state index contributed by atoms with van der Waals surface area (Å²) in [6.45, 7) is 5.30. The first kappa shape index (κ1) is 37.8. The van der Waals surface area contributed by atoms with E-state index >= 15 is 0 Å². The van der Waals surface area contributed by atoms with E-state index in [1.165, 1.54) is 44.9 Å². The van der Waals surface area contributed by atoms with Gasteiger partial charge in [0.15, 0.2) is 6.10 Å². The summed E-state index contributed by atoms with van der Waals surface area (Å²) < 4.78 is 32.2. The highest BCUT2D eigenvalue weighted by Gasteiger charge is 2.25. The first-order valence-electron chi connectivity index (χ1n) is 15.5. The van der Waals surface area contributed by atoms with Gasteiger partial charge >= 0.3 is 19.8 Å². The number of ether oxygens (including phenoxy) is 2. The highest BCUT2D eigenvalue weighted by molar-refractivity contribution is 7.47. The zero-order valence-electron chi connectivity index (χ0n) is 25.0. The minimum atomic E-state index is -4.26. The van der Waals surface area contributed by atoms with E-state index in [4.69, 9.17) is 18.5 Å². The second-order valence-corrected chi connectivity index (χ2v) is 11.5. The number of allylic oxidation sites excluding steroid dienone is 2. The van der Waals surface area contributed by atoms with Crippen molar-refractivity contribution in [2.45, 2.75) is 149 Å². The highest BCUT2D eigenvalue weighted by atomic mass is 31.2. The van der Waals surface area contributed by atoms with E-state index in [-0.39, 0.29) is 25.6 Å². The molecule has 0 radical (unpaired) electrons. The number of hydrogen-bond donors (Lipinski definition) is 1. The molecule has 0 saturated heterocycles. The molecule has 9 heteroatoms. The van der Waals surface area contributed by atoms with Gasteiger partial charge in [0, 0.05) is 12.8 Å². The molecule has 230 valence electrons. The average Bonchev–Trinajstić information content (AvgIpc) is 2.90. The van der Waals surface area contributed by atoms with Gasteiger partial charge in [-0.25, -0.2) is 4.57 Å². The molecule has 0 rings (SSSR count). The molecular formula is C30H57O8P. The lowest BCUT2D eigenvalue weighted by atomic mass is 10.1. The Morgan fingerprint density at radius 3 is 1.79 bits per heavy atom. The fourth-order valence-corrected chi connectivity index (χ4v) is 4.86. The molecule has 0 aliphatic heterocycles. The number of rotatable bonds is 28. The standard InChI is InChI=1S/C30H57O8P/c1-4-7-9-11-13-15-17-18-20-22-24-29(31)35-26-28(27-37-39(33,34)36-6-3)38-30(32)25-23-21-19-16-14-12-10-8-5-2/h8,10,28H,4-7,9,11-27H2,1-3H3,(H,33,34)/b10-8-/t28-/m1/s1. The lowest BCUT2D eigenvalue weighted by Crippen LogP contribution is -2.29. The van der Waals surface area contributed by atoms with Crippen LogP contribution in [0.5, 0.6) is 0 Å². The van der Waals surface area contributed by atoms with Crippen LogP contribution in [-0.4, -0.2) is 42.8 Å². The molecule has 1 N–H and O–H groups in total. The molecule has 0 heterocycles. The minimum Gasteiger partial charge on any atom is -0.462 e. The number of carbonyl (C=O) groups is 2. The Morgan fingerprint density at radius 2 is 1.23 bits per heavy atom. The lowest BCUT2D eigenvalue weighted by Gasteiger charge is -2.19. The first-order chi connectivity index (χ1) is 18.8. The molecule has 0 bridgehead atoms. The number of unbranched alkanes of at least 4 members (excludes halogenated alkanes) is 14. The van der Waals surface area contributed by atoms with Crippen molar-refractivity contribution in [2.75, 3.05) is 19.8 Å². The van der Waals surface area contributed by atoms with Crippen molar-refractivity contribution in [2.24, 2.45) is 0 Å². The lowest BCUT2D eigenvalue weighted by molar-refractivity contribution is -0.161. The zero-order chi connectivity index (χ0) is 29.0. The molecule has 0 aliphatic rings. The van der Waals surface area contributed by atoms with Crippen LogP contribution in [0.25, 0.3) is 0 Å². The predicted molar refractivity (Wildman–Crippen MR) is 156 cm³/mol. The average molecular weight is 577 g/mol. The third-order valence-electron chi connectivity index (χ3n) is 6.33. The van der Waals surface area contributed by atoms with Crippen LogP contribution in [0.3, 0.4) is 0 Å². The van der Waals surface area contributed by atoms with E-state index in [0.29, 0.717) is 12.8 Å². The van der Waals surface area contributed by atoms with Gasteiger partial charge in [-0.15, -0.1) is 0 Å². The van der Waals surface area contributed by atoms with Gasteiger partial charge in [0.1, 0.15) is 6.61 Å². The third kappa shape index (κ3) is 26.8. The number of hydrogen-bond acceptors (Lipinski definition) is 7. The van der Waals surface area contributed by atoms with E-state index in [1.54, 1.807) is 6.92 Å². The molecule has 2 atom stereocenters. The molecule has 0 saturated carbocycles. The molecule has 0 aliphatic carbocycles. The summed E-state index contributed by atoms with van der Waals surface area (Å²) in [5.41, 5.74) is 0. The summed E-state index contributed by atoms with van der Waals surface area (Å²) >= 11 is 0. The van der Waals surface area contributed by atoms with Crippen LogP contribution in [0.1, 0.15) is 143 Å². The van der Waals surface area contributed by atoms with Crippen molar-refractivity contribution in [1.29, 1.82) is 0 Å². The van der Waals surface area contributed by atoms with Gasteiger partial charge in [-0.3, -0.25) is 18.6 Å². The van der Waals surface area contributed by atoms with Crippen LogP contribution in [0.15, 0.2) is 12.2 Å². The normalized spacial score (nSPS) is 13.8. The Balaban J connectivity index is 4.27. The van der Waals surface area contributed by atoms with Crippen molar-refractivity contribution in [3.8, 4) is 0 Å². The molecule has 0 spiro atoms. The zero-order valence-corrected chi connectivity index (χ0v) is 25.9. The van der Waals surface area contributed by atoms with E-state index in [9.17, 15) is 19.0 Å². The SMILES string of the molecule is CC/C=C\CCCCCCCC(=O)O[C@H](COC(=O)CCCCCCCCCCCC)COP(=O)(O)OCC. The van der Waals surface area contributed by atoms with E-state index in [1.807, 2.05) is 0 Å². The van der Waals surface area contributed by atoms with Gasteiger partial charge in [-0.1, -0.05) is 103 Å². The van der Waals surface area contributed by atoms with Crippen molar-refractivity contribution in [3.05, 3.63) is 12.2 Å². The second kappa shape index (κ2) is 27.0. The molecule has 8 nitrogen and oxygen atoms in total. The van der Waals surface area contributed by atoms with E-state index in [0.717, 1.165) is 57.8 Å². The van der Waals surface area contributed by atoms with Crippen molar-refractivity contribution >= 4 is 19.8 Å². The Morgan fingerprint density at radius 1 is 0.692 bits per heavy atom. The summed E-state index contributed by atoms with van der Waals surface area (Å²) in [5, 5.41) is 0. The molecular weight excluding hydrogens is 519 g/mol. The summed E-state index contributed by atoms with van der Waals surface area (Å²) in [6, 6.07) is 0. The van der Waals surface area contributed by atoms with Crippen LogP contribution in [0.4, 0.5) is 0 Å². The van der Waals surface area contributed by atoms with Crippen LogP contribution in [0, 0.1) is 0 Å². The predicted octanol–water partition coefficient (Wildman–Crippen LogP) is 8.60. The Labute approximate surface area is 238 Å². The number of carbonyl (C=O) groups excluding carboxylic acids is 2. The van der Waals surface area contributed by atoms with Gasteiger partial charge in [-0.2, -0.15) is 0 Å². The summed E-state index contributed by atoms with van der Waals surface area (Å²) in [4.78, 5) is 34.2. The summed E-state index contributed by atoms with van der Waals surface area (Å²) in [5.74, 6) is -0.814. The van der Waals surface area contributed by atoms with Crippen LogP contribution in [0.2, 0.25) is 0 Å². The molecule has 0 aromatic carbocycles. The van der Waals surface area contributed by atoms with Crippen LogP contribution >= 0.6 is 7.82 Å². The largest absolute Gasteiger partial charge is 0.472 e. The number of esters is 2. The summed E-state index contributed by atoms with van der Waals surface area (Å²) in [6.07, 6.45) is 22.8. The third-order valence-corrected chi connectivity index (χ3v) is 7.39. The topological polar surface area (TPSA) is 108 Å². The molecule has 0 aromatic heterocycles. The van der Waals surface area contributed by atoms with E-state index in [2.05, 4.69) is 26.0 Å². The molecule has 0 amide bonds. The Kier molecular flexibility index (Phi) is 26.1. The van der Waals surface area contributed by atoms with Gasteiger partial charge < -0.3 is 14.4 Å². The molecule has 39 heavy (non-hydrogen) atoms. The Bertz CT molecular complexity index is 667. The Hall–Kier alpha value is -1.21. The molecule has 0 fully saturated rings. The molecule has 1 unspecified atom stereocenters. The van der Waals surface area contributed by atoms with Crippen molar-refractivity contribution < 1.29 is 37.6 Å². The summed E-state index contributed by atoms with van der Waals surface area (Å²) in [7, 11) is -4.26. The fraction of sp³-hybridized carbons (Fsp3) is 0.867. The van der Waals surface area contributed by atoms with Crippen molar-refractivity contribution in [1.82, 2.24) is 0 Å². The van der Waals surface area contributed by atoms with Gasteiger partial charge in [0.25, 0.3) is 0 Å². The van der Waals surface area contributed by atoms with Crippen LogP contribution < -0.4 is 0 Å². The molecule has 0 aromatic rings. The van der Waals surface area contributed by atoms with Gasteiger partial charge in [0.05, 0.1) is 13.2 Å². The fourth-order valence-electron chi connectivity index (χ4n) is 4.10. The highest BCUT2D eigenvalue weighted by Crippen LogP contribution is 2.43. The van der Waals surface area contributed by atoms with Gasteiger partial charge in [0.2, 0.25) is 0 Å². The van der Waals surface area contributed by atoms with Crippen LogP contribution in [-0.2, 0) is 32.7 Å². The van der Waals surface area contributed by atoms with E-state index < -0.39 is 26.5 Å². The minimum absolute atomic E-state index is 0.000959. The number of phosphoric ester groups is 1. The van der Waals surface area contributed by atoms with Crippen molar-refractivity contribution in [3.63, 3.8) is 0 Å². The second-order valence-electron chi connectivity index (χ2n) is 10.1. The monoisotopic (exact) mass is 576 g/mol. The maximum Gasteiger partial charge on any atom is 0.472 e. The maximum atomic E-state index is 12.3. The first-order valence-corrected chi connectivity index (χ1v) is 17.0.